The molecule has 0 unspecified atom stereocenters. The van der Waals surface area contributed by atoms with Gasteiger partial charge in [-0.1, -0.05) is 47.5 Å². The second-order valence-electron chi connectivity index (χ2n) is 5.28. The van der Waals surface area contributed by atoms with Gasteiger partial charge in [0.15, 0.2) is 16.7 Å². The van der Waals surface area contributed by atoms with Crippen molar-refractivity contribution < 1.29 is 4.74 Å². The molecule has 132 valence electrons. The molecule has 0 bridgehead atoms. The largest absolute Gasteiger partial charge is 0.485 e. The molecule has 0 saturated heterocycles. The van der Waals surface area contributed by atoms with Crippen LogP contribution in [0, 0.1) is 0 Å². The second kappa shape index (κ2) is 8.85. The lowest BCUT2D eigenvalue weighted by Crippen LogP contribution is -2.20. The first kappa shape index (κ1) is 18.5. The number of ether oxygens (including phenoxy) is 1. The van der Waals surface area contributed by atoms with E-state index in [2.05, 4.69) is 15.6 Å². The lowest BCUT2D eigenvalue weighted by atomic mass is 10.2. The van der Waals surface area contributed by atoms with Crippen molar-refractivity contribution in [3.8, 4) is 5.75 Å². The minimum absolute atomic E-state index is 0.220. The summed E-state index contributed by atoms with van der Waals surface area (Å²) in [6.07, 6.45) is 1.66. The summed E-state index contributed by atoms with van der Waals surface area (Å²) in [5.41, 5.74) is 1.60. The maximum atomic E-state index is 6.18. The minimum atomic E-state index is 0.220. The van der Waals surface area contributed by atoms with Gasteiger partial charge in [-0.15, -0.1) is 0 Å². The second-order valence-corrected chi connectivity index (χ2v) is 6.51. The van der Waals surface area contributed by atoms with Gasteiger partial charge in [0.1, 0.15) is 6.61 Å². The highest BCUT2D eigenvalue weighted by molar-refractivity contribution is 7.80. The Labute approximate surface area is 167 Å². The van der Waals surface area contributed by atoms with Gasteiger partial charge in [0.25, 0.3) is 0 Å². The first-order chi connectivity index (χ1) is 12.6. The molecular formula is C19H15Cl2N3OS. The van der Waals surface area contributed by atoms with E-state index in [1.54, 1.807) is 36.5 Å². The standard InChI is InChI=1S/C19H15Cl2N3OS/c20-15-8-4-9-16(21)14(15)12-25-17-10-5-11-22-18(17)24-19(26)23-13-6-2-1-3-7-13/h1-11H,12H2,(H2,22,23,24,26). The van der Waals surface area contributed by atoms with Crippen LogP contribution < -0.4 is 15.4 Å². The van der Waals surface area contributed by atoms with E-state index in [0.717, 1.165) is 11.3 Å². The predicted molar refractivity (Wildman–Crippen MR) is 111 cm³/mol. The maximum absolute atomic E-state index is 6.18. The molecule has 0 amide bonds. The Bertz CT molecular complexity index is 886. The molecule has 26 heavy (non-hydrogen) atoms. The van der Waals surface area contributed by atoms with E-state index >= 15 is 0 Å². The first-order valence-electron chi connectivity index (χ1n) is 7.77. The van der Waals surface area contributed by atoms with Gasteiger partial charge in [0, 0.05) is 27.5 Å². The highest BCUT2D eigenvalue weighted by Crippen LogP contribution is 2.28. The predicted octanol–water partition coefficient (Wildman–Crippen LogP) is 5.78. The van der Waals surface area contributed by atoms with Crippen LogP contribution in [-0.4, -0.2) is 10.1 Å². The quantitative estimate of drug-likeness (QED) is 0.528. The van der Waals surface area contributed by atoms with Crippen LogP contribution in [0.15, 0.2) is 66.9 Å². The molecule has 7 heteroatoms. The van der Waals surface area contributed by atoms with Crippen molar-refractivity contribution in [2.24, 2.45) is 0 Å². The summed E-state index contributed by atoms with van der Waals surface area (Å²) >= 11 is 17.7. The fourth-order valence-corrected chi connectivity index (χ4v) is 2.93. The third-order valence-corrected chi connectivity index (χ3v) is 4.38. The van der Waals surface area contributed by atoms with Crippen molar-refractivity contribution in [2.75, 3.05) is 10.6 Å². The summed E-state index contributed by atoms with van der Waals surface area (Å²) in [4.78, 5) is 4.29. The zero-order valence-electron chi connectivity index (χ0n) is 13.6. The number of halogens is 2. The Morgan fingerprint density at radius 2 is 1.65 bits per heavy atom. The van der Waals surface area contributed by atoms with Crippen molar-refractivity contribution in [2.45, 2.75) is 6.61 Å². The van der Waals surface area contributed by atoms with E-state index in [0.29, 0.717) is 26.7 Å². The van der Waals surface area contributed by atoms with E-state index in [-0.39, 0.29) is 6.61 Å². The summed E-state index contributed by atoms with van der Waals surface area (Å²) in [5.74, 6) is 1.05. The average molecular weight is 404 g/mol. The van der Waals surface area contributed by atoms with Gasteiger partial charge in [-0.05, 0) is 48.6 Å². The molecule has 0 aliphatic carbocycles. The topological polar surface area (TPSA) is 46.2 Å². The number of thiocarbonyl (C=S) groups is 1. The minimum Gasteiger partial charge on any atom is -0.485 e. The molecule has 0 saturated carbocycles. The Balaban J connectivity index is 1.69. The monoisotopic (exact) mass is 403 g/mol. The third kappa shape index (κ3) is 4.85. The Morgan fingerprint density at radius 3 is 2.38 bits per heavy atom. The van der Waals surface area contributed by atoms with Crippen LogP contribution in [-0.2, 0) is 6.61 Å². The van der Waals surface area contributed by atoms with Crippen molar-refractivity contribution >= 4 is 52.0 Å². The lowest BCUT2D eigenvalue weighted by molar-refractivity contribution is 0.307. The van der Waals surface area contributed by atoms with E-state index in [1.165, 1.54) is 0 Å². The molecule has 4 nitrogen and oxygen atoms in total. The van der Waals surface area contributed by atoms with E-state index in [9.17, 15) is 0 Å². The SMILES string of the molecule is S=C(Nc1ccccc1)Nc1ncccc1OCc1c(Cl)cccc1Cl. The van der Waals surface area contributed by atoms with Crippen LogP contribution in [0.25, 0.3) is 0 Å². The Morgan fingerprint density at radius 1 is 0.923 bits per heavy atom. The average Bonchev–Trinajstić information content (AvgIpc) is 2.63. The molecule has 0 atom stereocenters. The molecule has 0 spiro atoms. The van der Waals surface area contributed by atoms with Gasteiger partial charge >= 0.3 is 0 Å². The van der Waals surface area contributed by atoms with E-state index in [1.807, 2.05) is 30.3 Å². The molecule has 0 aliphatic heterocycles. The highest BCUT2D eigenvalue weighted by atomic mass is 35.5. The molecule has 2 N–H and O–H groups in total. The molecule has 2 aromatic carbocycles. The van der Waals surface area contributed by atoms with Crippen molar-refractivity contribution in [3.63, 3.8) is 0 Å². The zero-order valence-corrected chi connectivity index (χ0v) is 15.9. The molecule has 1 heterocycles. The van der Waals surface area contributed by atoms with Crippen LogP contribution in [0.2, 0.25) is 10.0 Å². The Kier molecular flexibility index (Phi) is 6.28. The number of aromatic nitrogens is 1. The number of rotatable bonds is 5. The highest BCUT2D eigenvalue weighted by Gasteiger charge is 2.10. The molecule has 0 radical (unpaired) electrons. The van der Waals surface area contributed by atoms with Gasteiger partial charge in [-0.25, -0.2) is 4.98 Å². The van der Waals surface area contributed by atoms with Crippen molar-refractivity contribution in [3.05, 3.63) is 82.5 Å². The van der Waals surface area contributed by atoms with Crippen LogP contribution >= 0.6 is 35.4 Å². The smallest absolute Gasteiger partial charge is 0.176 e. The van der Waals surface area contributed by atoms with Gasteiger partial charge in [-0.3, -0.25) is 0 Å². The van der Waals surface area contributed by atoms with E-state index < -0.39 is 0 Å². The van der Waals surface area contributed by atoms with Gasteiger partial charge in [-0.2, -0.15) is 0 Å². The number of nitrogens with zero attached hydrogens (tertiary/aromatic N) is 1. The number of para-hydroxylation sites is 1. The number of nitrogens with one attached hydrogen (secondary N) is 2. The fourth-order valence-electron chi connectivity index (χ4n) is 2.21. The molecule has 3 rings (SSSR count). The Hall–Kier alpha value is -2.34. The fraction of sp³-hybridized carbons (Fsp3) is 0.0526. The summed E-state index contributed by atoms with van der Waals surface area (Å²) in [6.45, 7) is 0.220. The number of pyridine rings is 1. The molecule has 0 fully saturated rings. The van der Waals surface area contributed by atoms with Gasteiger partial charge in [0.2, 0.25) is 0 Å². The maximum Gasteiger partial charge on any atom is 0.176 e. The number of benzene rings is 2. The van der Waals surface area contributed by atoms with Crippen molar-refractivity contribution in [1.29, 1.82) is 0 Å². The lowest BCUT2D eigenvalue weighted by Gasteiger charge is -2.14. The van der Waals surface area contributed by atoms with Crippen LogP contribution in [0.4, 0.5) is 11.5 Å². The normalized spacial score (nSPS) is 10.2. The molecule has 0 aliphatic rings. The third-order valence-electron chi connectivity index (χ3n) is 3.47. The summed E-state index contributed by atoms with van der Waals surface area (Å²) in [7, 11) is 0. The molecule has 1 aromatic heterocycles. The van der Waals surface area contributed by atoms with Crippen LogP contribution in [0.5, 0.6) is 5.75 Å². The van der Waals surface area contributed by atoms with Crippen LogP contribution in [0.1, 0.15) is 5.56 Å². The first-order valence-corrected chi connectivity index (χ1v) is 8.93. The number of anilines is 2. The zero-order chi connectivity index (χ0) is 18.4. The number of hydrogen-bond acceptors (Lipinski definition) is 3. The van der Waals surface area contributed by atoms with Crippen LogP contribution in [0.3, 0.4) is 0 Å². The summed E-state index contributed by atoms with van der Waals surface area (Å²) in [6, 6.07) is 18.5. The summed E-state index contributed by atoms with van der Waals surface area (Å²) < 4.78 is 5.85. The summed E-state index contributed by atoms with van der Waals surface area (Å²) in [5, 5.41) is 7.65. The van der Waals surface area contributed by atoms with E-state index in [4.69, 9.17) is 40.2 Å². The molecular weight excluding hydrogens is 389 g/mol. The van der Waals surface area contributed by atoms with Crippen molar-refractivity contribution in [1.82, 2.24) is 4.98 Å². The number of hydrogen-bond donors (Lipinski definition) is 2. The molecule has 3 aromatic rings. The van der Waals surface area contributed by atoms with Gasteiger partial charge in [0.05, 0.1) is 0 Å². The van der Waals surface area contributed by atoms with Gasteiger partial charge < -0.3 is 15.4 Å².